The average Bonchev–Trinajstić information content (AvgIpc) is 2.57. The fourth-order valence-electron chi connectivity index (χ4n) is 2.33. The molecule has 1 amide bonds. The predicted molar refractivity (Wildman–Crippen MR) is 74.8 cm³/mol. The van der Waals surface area contributed by atoms with E-state index in [1.54, 1.807) is 18.2 Å². The van der Waals surface area contributed by atoms with Crippen LogP contribution < -0.4 is 5.73 Å². The van der Waals surface area contributed by atoms with Crippen LogP contribution in [0, 0.1) is 5.92 Å². The summed E-state index contributed by atoms with van der Waals surface area (Å²) in [6.45, 7) is 3.92. The van der Waals surface area contributed by atoms with Crippen LogP contribution in [0.4, 0.5) is 5.69 Å². The quantitative estimate of drug-likeness (QED) is 0.794. The van der Waals surface area contributed by atoms with Gasteiger partial charge in [-0.3, -0.25) is 4.79 Å². The first-order chi connectivity index (χ1) is 8.58. The maximum absolute atomic E-state index is 12.3. The van der Waals surface area contributed by atoms with Gasteiger partial charge in [0.15, 0.2) is 0 Å². The Balaban J connectivity index is 2.12. The third-order valence-corrected chi connectivity index (χ3v) is 3.89. The summed E-state index contributed by atoms with van der Waals surface area (Å²) in [5.74, 6) is 0.769. The second kappa shape index (κ2) is 5.61. The van der Waals surface area contributed by atoms with Gasteiger partial charge in [-0.15, -0.1) is 0 Å². The molecule has 1 aliphatic rings. The lowest BCUT2D eigenvalue weighted by Gasteiger charge is -2.20. The molecular weight excluding hydrogens is 248 g/mol. The van der Waals surface area contributed by atoms with Crippen LogP contribution in [0.25, 0.3) is 0 Å². The van der Waals surface area contributed by atoms with Crippen LogP contribution in [0.2, 0.25) is 5.02 Å². The van der Waals surface area contributed by atoms with Gasteiger partial charge < -0.3 is 10.6 Å². The van der Waals surface area contributed by atoms with E-state index in [0.717, 1.165) is 25.9 Å². The Bertz CT molecular complexity index is 447. The maximum Gasteiger partial charge on any atom is 0.253 e. The van der Waals surface area contributed by atoms with Crippen molar-refractivity contribution in [2.75, 3.05) is 18.8 Å². The van der Waals surface area contributed by atoms with Crippen LogP contribution in [0.1, 0.15) is 36.5 Å². The molecule has 2 rings (SSSR count). The second-order valence-corrected chi connectivity index (χ2v) is 5.47. The van der Waals surface area contributed by atoms with Crippen LogP contribution in [0.3, 0.4) is 0 Å². The number of carbonyl (C=O) groups excluding carboxylic acids is 1. The molecule has 0 aromatic heterocycles. The topological polar surface area (TPSA) is 46.3 Å². The lowest BCUT2D eigenvalue weighted by molar-refractivity contribution is 0.0760. The molecule has 1 heterocycles. The van der Waals surface area contributed by atoms with Gasteiger partial charge in [-0.05, 0) is 43.4 Å². The minimum Gasteiger partial charge on any atom is -0.398 e. The summed E-state index contributed by atoms with van der Waals surface area (Å²) < 4.78 is 0. The van der Waals surface area contributed by atoms with E-state index in [4.69, 9.17) is 17.3 Å². The normalized spacial score (nSPS) is 20.6. The Kier molecular flexibility index (Phi) is 4.12. The Morgan fingerprint density at radius 2 is 2.17 bits per heavy atom. The summed E-state index contributed by atoms with van der Waals surface area (Å²) in [6.07, 6.45) is 3.36. The Hall–Kier alpha value is -1.22. The Morgan fingerprint density at radius 3 is 2.89 bits per heavy atom. The number of hydrogen-bond acceptors (Lipinski definition) is 2. The van der Waals surface area contributed by atoms with Crippen molar-refractivity contribution >= 4 is 23.2 Å². The van der Waals surface area contributed by atoms with Crippen LogP contribution in [-0.2, 0) is 0 Å². The molecule has 0 saturated carbocycles. The predicted octanol–water partition coefficient (Wildman–Crippen LogP) is 3.18. The minimum absolute atomic E-state index is 0.0625. The van der Waals surface area contributed by atoms with Gasteiger partial charge >= 0.3 is 0 Å². The summed E-state index contributed by atoms with van der Waals surface area (Å²) >= 11 is 5.87. The molecule has 1 aromatic carbocycles. The first-order valence-corrected chi connectivity index (χ1v) is 6.80. The number of rotatable bonds is 1. The smallest absolute Gasteiger partial charge is 0.253 e. The second-order valence-electron chi connectivity index (χ2n) is 5.06. The number of likely N-dealkylation sites (tertiary alicyclic amines) is 1. The van der Waals surface area contributed by atoms with Crippen molar-refractivity contribution in [3.63, 3.8) is 0 Å². The third-order valence-electron chi connectivity index (χ3n) is 3.55. The van der Waals surface area contributed by atoms with E-state index >= 15 is 0 Å². The molecule has 0 spiro atoms. The molecule has 18 heavy (non-hydrogen) atoms. The van der Waals surface area contributed by atoms with Gasteiger partial charge in [0.1, 0.15) is 0 Å². The number of nitrogens with two attached hydrogens (primary N) is 1. The molecule has 2 N–H and O–H groups in total. The van der Waals surface area contributed by atoms with E-state index in [1.807, 2.05) is 4.90 Å². The van der Waals surface area contributed by atoms with E-state index < -0.39 is 0 Å². The van der Waals surface area contributed by atoms with Crippen molar-refractivity contribution in [3.8, 4) is 0 Å². The fraction of sp³-hybridized carbons (Fsp3) is 0.500. The zero-order chi connectivity index (χ0) is 13.1. The molecular formula is C14H19ClN2O. The molecule has 1 aromatic rings. The SMILES string of the molecule is CC1CCCN(C(=O)c2ccc(Cl)c(N)c2)CC1. The average molecular weight is 267 g/mol. The van der Waals surface area contributed by atoms with Gasteiger partial charge in [0.2, 0.25) is 0 Å². The molecule has 4 heteroatoms. The minimum atomic E-state index is 0.0625. The number of benzene rings is 1. The molecule has 0 bridgehead atoms. The molecule has 1 unspecified atom stereocenters. The molecule has 98 valence electrons. The number of halogens is 1. The van der Waals surface area contributed by atoms with Crippen LogP contribution in [0.15, 0.2) is 18.2 Å². The summed E-state index contributed by atoms with van der Waals surface area (Å²) in [5.41, 5.74) is 6.83. The van der Waals surface area contributed by atoms with Crippen molar-refractivity contribution < 1.29 is 4.79 Å². The monoisotopic (exact) mass is 266 g/mol. The van der Waals surface area contributed by atoms with E-state index in [-0.39, 0.29) is 5.91 Å². The van der Waals surface area contributed by atoms with Gasteiger partial charge in [0, 0.05) is 18.7 Å². The highest BCUT2D eigenvalue weighted by Crippen LogP contribution is 2.22. The van der Waals surface area contributed by atoms with Gasteiger partial charge in [-0.2, -0.15) is 0 Å². The Labute approximate surface area is 113 Å². The van der Waals surface area contributed by atoms with Crippen molar-refractivity contribution in [2.45, 2.75) is 26.2 Å². The van der Waals surface area contributed by atoms with Crippen LogP contribution >= 0.6 is 11.6 Å². The van der Waals surface area contributed by atoms with Crippen molar-refractivity contribution in [1.82, 2.24) is 4.90 Å². The van der Waals surface area contributed by atoms with E-state index in [1.165, 1.54) is 6.42 Å². The number of carbonyl (C=O) groups is 1. The zero-order valence-corrected chi connectivity index (χ0v) is 11.4. The summed E-state index contributed by atoms with van der Waals surface area (Å²) in [5, 5.41) is 0.496. The van der Waals surface area contributed by atoms with E-state index in [0.29, 0.717) is 22.2 Å². The molecule has 0 aliphatic carbocycles. The summed E-state index contributed by atoms with van der Waals surface area (Å²) in [6, 6.07) is 5.10. The standard InChI is InChI=1S/C14H19ClN2O/c1-10-3-2-7-17(8-6-10)14(18)11-4-5-12(15)13(16)9-11/h4-5,9-10H,2-3,6-8,16H2,1H3. The third kappa shape index (κ3) is 2.96. The number of nitrogen functional groups attached to an aromatic ring is 1. The molecule has 1 saturated heterocycles. The van der Waals surface area contributed by atoms with Crippen LogP contribution in [0.5, 0.6) is 0 Å². The first-order valence-electron chi connectivity index (χ1n) is 6.42. The lowest BCUT2D eigenvalue weighted by atomic mass is 10.0. The number of anilines is 1. The molecule has 0 radical (unpaired) electrons. The van der Waals surface area contributed by atoms with Gasteiger partial charge in [-0.25, -0.2) is 0 Å². The molecule has 1 atom stereocenters. The van der Waals surface area contributed by atoms with E-state index in [2.05, 4.69) is 6.92 Å². The van der Waals surface area contributed by atoms with Crippen LogP contribution in [-0.4, -0.2) is 23.9 Å². The van der Waals surface area contributed by atoms with Gasteiger partial charge in [-0.1, -0.05) is 18.5 Å². The maximum atomic E-state index is 12.3. The number of hydrogen-bond donors (Lipinski definition) is 1. The highest BCUT2D eigenvalue weighted by atomic mass is 35.5. The fourth-order valence-corrected chi connectivity index (χ4v) is 2.44. The zero-order valence-electron chi connectivity index (χ0n) is 10.7. The summed E-state index contributed by atoms with van der Waals surface area (Å²) in [7, 11) is 0. The van der Waals surface area contributed by atoms with Crippen molar-refractivity contribution in [2.24, 2.45) is 5.92 Å². The molecule has 3 nitrogen and oxygen atoms in total. The molecule has 1 aliphatic heterocycles. The highest BCUT2D eigenvalue weighted by Gasteiger charge is 2.20. The van der Waals surface area contributed by atoms with Crippen molar-refractivity contribution in [3.05, 3.63) is 28.8 Å². The lowest BCUT2D eigenvalue weighted by Crippen LogP contribution is -2.32. The number of amides is 1. The molecule has 1 fully saturated rings. The largest absolute Gasteiger partial charge is 0.398 e. The van der Waals surface area contributed by atoms with Gasteiger partial charge in [0.05, 0.1) is 10.7 Å². The van der Waals surface area contributed by atoms with E-state index in [9.17, 15) is 4.79 Å². The summed E-state index contributed by atoms with van der Waals surface area (Å²) in [4.78, 5) is 14.3. The van der Waals surface area contributed by atoms with Gasteiger partial charge in [0.25, 0.3) is 5.91 Å². The first kappa shape index (κ1) is 13.2. The number of nitrogens with zero attached hydrogens (tertiary/aromatic N) is 1. The Morgan fingerprint density at radius 1 is 1.39 bits per heavy atom. The van der Waals surface area contributed by atoms with Crippen molar-refractivity contribution in [1.29, 1.82) is 0 Å². The highest BCUT2D eigenvalue weighted by molar-refractivity contribution is 6.33.